The van der Waals surface area contributed by atoms with Crippen molar-refractivity contribution in [1.82, 2.24) is 5.43 Å². The fourth-order valence-corrected chi connectivity index (χ4v) is 4.68. The molecule has 2 amide bonds. The first-order valence-corrected chi connectivity index (χ1v) is 13.5. The van der Waals surface area contributed by atoms with Crippen LogP contribution in [0.3, 0.4) is 0 Å². The van der Waals surface area contributed by atoms with Gasteiger partial charge in [-0.3, -0.25) is 9.59 Å². The highest BCUT2D eigenvalue weighted by Crippen LogP contribution is 2.36. The van der Waals surface area contributed by atoms with Gasteiger partial charge in [0.2, 0.25) is 5.91 Å². The third-order valence-electron chi connectivity index (χ3n) is 5.52. The van der Waals surface area contributed by atoms with E-state index in [4.69, 9.17) is 32.7 Å². The van der Waals surface area contributed by atoms with Gasteiger partial charge in [-0.1, -0.05) is 65.7 Å². The standard InChI is InChI=1S/C29H24BrCl2N3O4/c1-2-38-26-13-18(16-33-35-27(36)14-20-8-5-7-19-6-3-4-9-22(19)20)12-23(30)29(26)39-17-28(37)34-21-10-11-24(31)25(32)15-21/h3-13,15-16H,2,14,17H2,1H3,(H,34,37)(H,35,36)/b33-16+. The largest absolute Gasteiger partial charge is 0.490 e. The summed E-state index contributed by atoms with van der Waals surface area (Å²) in [6.07, 6.45) is 1.71. The molecule has 0 aliphatic rings. The van der Waals surface area contributed by atoms with E-state index < -0.39 is 0 Å². The van der Waals surface area contributed by atoms with Crippen LogP contribution < -0.4 is 20.2 Å². The van der Waals surface area contributed by atoms with Gasteiger partial charge in [0, 0.05) is 5.69 Å². The normalized spacial score (nSPS) is 11.0. The number of carbonyl (C=O) groups is 2. The summed E-state index contributed by atoms with van der Waals surface area (Å²) in [5.41, 5.74) is 4.65. The van der Waals surface area contributed by atoms with Crippen LogP contribution in [0.2, 0.25) is 10.0 Å². The van der Waals surface area contributed by atoms with Crippen molar-refractivity contribution < 1.29 is 19.1 Å². The molecule has 0 unspecified atom stereocenters. The zero-order chi connectivity index (χ0) is 27.8. The highest BCUT2D eigenvalue weighted by atomic mass is 79.9. The lowest BCUT2D eigenvalue weighted by molar-refractivity contribution is -0.120. The van der Waals surface area contributed by atoms with Crippen molar-refractivity contribution in [1.29, 1.82) is 0 Å². The summed E-state index contributed by atoms with van der Waals surface area (Å²) in [4.78, 5) is 24.9. The predicted molar refractivity (Wildman–Crippen MR) is 159 cm³/mol. The minimum absolute atomic E-state index is 0.198. The van der Waals surface area contributed by atoms with Crippen molar-refractivity contribution in [3.8, 4) is 11.5 Å². The number of hydrogen-bond donors (Lipinski definition) is 2. The fourth-order valence-electron chi connectivity index (χ4n) is 3.81. The Balaban J connectivity index is 1.38. The van der Waals surface area contributed by atoms with E-state index in [1.54, 1.807) is 30.3 Å². The van der Waals surface area contributed by atoms with Crippen molar-refractivity contribution in [2.45, 2.75) is 13.3 Å². The zero-order valence-corrected chi connectivity index (χ0v) is 23.9. The molecule has 200 valence electrons. The van der Waals surface area contributed by atoms with Gasteiger partial charge in [0.05, 0.1) is 33.8 Å². The van der Waals surface area contributed by atoms with Crippen molar-refractivity contribution in [3.63, 3.8) is 0 Å². The van der Waals surface area contributed by atoms with E-state index >= 15 is 0 Å². The third kappa shape index (κ3) is 7.72. The van der Waals surface area contributed by atoms with E-state index in [1.807, 2.05) is 49.4 Å². The van der Waals surface area contributed by atoms with Gasteiger partial charge in [-0.05, 0) is 75.1 Å². The molecule has 0 aliphatic heterocycles. The van der Waals surface area contributed by atoms with Gasteiger partial charge >= 0.3 is 0 Å². The summed E-state index contributed by atoms with van der Waals surface area (Å²) in [5.74, 6) is 0.151. The van der Waals surface area contributed by atoms with Crippen molar-refractivity contribution in [3.05, 3.63) is 98.4 Å². The SMILES string of the molecule is CCOc1cc(/C=N/NC(=O)Cc2cccc3ccccc23)cc(Br)c1OCC(=O)Nc1ccc(Cl)c(Cl)c1. The van der Waals surface area contributed by atoms with Crippen molar-refractivity contribution in [2.75, 3.05) is 18.5 Å². The number of hydrazone groups is 1. The molecule has 4 aromatic rings. The van der Waals surface area contributed by atoms with Gasteiger partial charge in [-0.15, -0.1) is 0 Å². The average molecular weight is 629 g/mol. The molecule has 0 saturated carbocycles. The number of halogens is 3. The Bertz CT molecular complexity index is 1540. The Morgan fingerprint density at radius 1 is 0.949 bits per heavy atom. The highest BCUT2D eigenvalue weighted by molar-refractivity contribution is 9.10. The average Bonchev–Trinajstić information content (AvgIpc) is 2.91. The molecule has 0 atom stereocenters. The van der Waals surface area contributed by atoms with E-state index in [0.29, 0.717) is 43.9 Å². The van der Waals surface area contributed by atoms with E-state index in [1.165, 1.54) is 6.21 Å². The molecule has 10 heteroatoms. The maximum absolute atomic E-state index is 12.5. The Labute approximate surface area is 244 Å². The maximum Gasteiger partial charge on any atom is 0.262 e. The first-order chi connectivity index (χ1) is 18.8. The molecular formula is C29H24BrCl2N3O4. The predicted octanol–water partition coefficient (Wildman–Crippen LogP) is 7.02. The molecule has 39 heavy (non-hydrogen) atoms. The molecule has 0 fully saturated rings. The number of hydrogen-bond acceptors (Lipinski definition) is 5. The Hall–Kier alpha value is -3.59. The molecule has 0 heterocycles. The summed E-state index contributed by atoms with van der Waals surface area (Å²) in [6, 6.07) is 22.0. The molecule has 0 saturated heterocycles. The molecule has 0 aliphatic carbocycles. The number of benzene rings is 4. The minimum Gasteiger partial charge on any atom is -0.490 e. The van der Waals surface area contributed by atoms with Crippen LogP contribution in [0, 0.1) is 0 Å². The van der Waals surface area contributed by atoms with Gasteiger partial charge in [-0.25, -0.2) is 5.43 Å². The van der Waals surface area contributed by atoms with Crippen molar-refractivity contribution >= 4 is 73.6 Å². The van der Waals surface area contributed by atoms with Crippen LogP contribution in [-0.2, 0) is 16.0 Å². The molecule has 0 bridgehead atoms. The van der Waals surface area contributed by atoms with Crippen LogP contribution in [-0.4, -0.2) is 31.2 Å². The lowest BCUT2D eigenvalue weighted by Gasteiger charge is -2.14. The molecular weight excluding hydrogens is 605 g/mol. The molecule has 2 N–H and O–H groups in total. The maximum atomic E-state index is 12.5. The van der Waals surface area contributed by atoms with Crippen LogP contribution in [0.15, 0.2) is 82.4 Å². The molecule has 0 aromatic heterocycles. The van der Waals surface area contributed by atoms with Gasteiger partial charge in [0.1, 0.15) is 0 Å². The monoisotopic (exact) mass is 627 g/mol. The minimum atomic E-state index is -0.387. The zero-order valence-electron chi connectivity index (χ0n) is 20.8. The molecule has 4 rings (SSSR count). The van der Waals surface area contributed by atoms with Crippen molar-refractivity contribution in [2.24, 2.45) is 5.10 Å². The number of carbonyl (C=O) groups excluding carboxylic acids is 2. The smallest absolute Gasteiger partial charge is 0.262 e. The lowest BCUT2D eigenvalue weighted by atomic mass is 10.0. The van der Waals surface area contributed by atoms with Crippen LogP contribution in [0.1, 0.15) is 18.1 Å². The number of fused-ring (bicyclic) bond motifs is 1. The first-order valence-electron chi connectivity index (χ1n) is 12.0. The van der Waals surface area contributed by atoms with Crippen LogP contribution >= 0.6 is 39.1 Å². The van der Waals surface area contributed by atoms with E-state index in [9.17, 15) is 9.59 Å². The van der Waals surface area contributed by atoms with E-state index in [2.05, 4.69) is 31.8 Å². The topological polar surface area (TPSA) is 89.0 Å². The summed E-state index contributed by atoms with van der Waals surface area (Å²) in [6.45, 7) is 1.94. The Morgan fingerprint density at radius 3 is 2.54 bits per heavy atom. The Morgan fingerprint density at radius 2 is 1.74 bits per heavy atom. The van der Waals surface area contributed by atoms with Crippen LogP contribution in [0.5, 0.6) is 11.5 Å². The number of nitrogens with one attached hydrogen (secondary N) is 2. The number of anilines is 1. The van der Waals surface area contributed by atoms with Gasteiger partial charge in [0.15, 0.2) is 18.1 Å². The van der Waals surface area contributed by atoms with Crippen LogP contribution in [0.25, 0.3) is 10.8 Å². The summed E-state index contributed by atoms with van der Waals surface area (Å²) in [7, 11) is 0. The number of ether oxygens (including phenoxy) is 2. The van der Waals surface area contributed by atoms with Gasteiger partial charge in [0.25, 0.3) is 5.91 Å². The Kier molecular flexibility index (Phi) is 9.81. The number of nitrogens with zero attached hydrogens (tertiary/aromatic N) is 1. The second-order valence-corrected chi connectivity index (χ2v) is 10.0. The molecule has 4 aromatic carbocycles. The van der Waals surface area contributed by atoms with E-state index in [-0.39, 0.29) is 24.8 Å². The molecule has 7 nitrogen and oxygen atoms in total. The summed E-state index contributed by atoms with van der Waals surface area (Å²) < 4.78 is 12.0. The van der Waals surface area contributed by atoms with E-state index in [0.717, 1.165) is 16.3 Å². The summed E-state index contributed by atoms with van der Waals surface area (Å²) in [5, 5.41) is 9.64. The molecule has 0 radical (unpaired) electrons. The quantitative estimate of drug-likeness (QED) is 0.146. The number of rotatable bonds is 10. The second kappa shape index (κ2) is 13.5. The fraction of sp³-hybridized carbons (Fsp3) is 0.138. The second-order valence-electron chi connectivity index (χ2n) is 8.34. The third-order valence-corrected chi connectivity index (χ3v) is 6.84. The summed E-state index contributed by atoms with van der Waals surface area (Å²) >= 11 is 15.4. The lowest BCUT2D eigenvalue weighted by Crippen LogP contribution is -2.20. The first kappa shape index (κ1) is 28.4. The number of amides is 2. The van der Waals surface area contributed by atoms with Gasteiger partial charge in [-0.2, -0.15) is 5.10 Å². The van der Waals surface area contributed by atoms with Crippen LogP contribution in [0.4, 0.5) is 5.69 Å². The highest BCUT2D eigenvalue weighted by Gasteiger charge is 2.14. The molecule has 0 spiro atoms. The van der Waals surface area contributed by atoms with Gasteiger partial charge < -0.3 is 14.8 Å².